The van der Waals surface area contributed by atoms with Crippen LogP contribution in [0.25, 0.3) is 27.6 Å². The van der Waals surface area contributed by atoms with Gasteiger partial charge in [-0.1, -0.05) is 24.3 Å². The lowest BCUT2D eigenvalue weighted by Crippen LogP contribution is -2.40. The molecular formula is C26H19N7O2. The molecule has 9 nitrogen and oxygen atoms in total. The zero-order chi connectivity index (χ0) is 23.4. The Morgan fingerprint density at radius 2 is 1.94 bits per heavy atom. The van der Waals surface area contributed by atoms with Crippen molar-refractivity contribution < 1.29 is 9.21 Å². The number of amides is 1. The summed E-state index contributed by atoms with van der Waals surface area (Å²) in [4.78, 5) is 31.7. The van der Waals surface area contributed by atoms with Gasteiger partial charge >= 0.3 is 0 Å². The Morgan fingerprint density at radius 1 is 1.06 bits per heavy atom. The third kappa shape index (κ3) is 3.12. The highest BCUT2D eigenvalue weighted by Gasteiger charge is 2.37. The van der Waals surface area contributed by atoms with Gasteiger partial charge in [0.25, 0.3) is 5.91 Å². The van der Waals surface area contributed by atoms with Crippen LogP contribution in [0.5, 0.6) is 0 Å². The second-order valence-electron chi connectivity index (χ2n) is 8.54. The van der Waals surface area contributed by atoms with Crippen LogP contribution in [0.1, 0.15) is 33.5 Å². The fraction of sp³-hybridized carbons (Fsp3) is 0.115. The molecule has 1 atom stereocenters. The molecule has 6 aromatic rings. The first kappa shape index (κ1) is 19.7. The van der Waals surface area contributed by atoms with Crippen LogP contribution in [0, 0.1) is 0 Å². The van der Waals surface area contributed by atoms with Crippen LogP contribution in [0.4, 0.5) is 0 Å². The molecule has 5 aromatic heterocycles. The SMILES string of the molecule is O=C(c1cnn2cc(-c3cncnc3)ccc12)N1CCc2[nH]cnc2[C@H]1c1cc2ccccc2o1. The molecular weight excluding hydrogens is 442 g/mol. The Morgan fingerprint density at radius 3 is 2.83 bits per heavy atom. The van der Waals surface area contributed by atoms with Crippen molar-refractivity contribution >= 4 is 22.4 Å². The molecule has 1 amide bonds. The maximum atomic E-state index is 13.9. The van der Waals surface area contributed by atoms with Gasteiger partial charge in [0.1, 0.15) is 23.7 Å². The van der Waals surface area contributed by atoms with E-state index in [1.165, 1.54) is 6.33 Å². The molecule has 0 unspecified atom stereocenters. The molecule has 0 fully saturated rings. The normalized spacial score (nSPS) is 15.5. The number of para-hydroxylation sites is 1. The van der Waals surface area contributed by atoms with Crippen molar-refractivity contribution in [2.75, 3.05) is 6.54 Å². The fourth-order valence-corrected chi connectivity index (χ4v) is 4.84. The molecule has 9 heteroatoms. The summed E-state index contributed by atoms with van der Waals surface area (Å²) < 4.78 is 7.92. The first-order valence-electron chi connectivity index (χ1n) is 11.3. The molecule has 0 radical (unpaired) electrons. The van der Waals surface area contributed by atoms with Crippen molar-refractivity contribution in [3.05, 3.63) is 103 Å². The monoisotopic (exact) mass is 461 g/mol. The molecule has 0 saturated carbocycles. The highest BCUT2D eigenvalue weighted by Crippen LogP contribution is 2.37. The molecule has 1 aliphatic rings. The Balaban J connectivity index is 1.30. The average molecular weight is 461 g/mol. The maximum Gasteiger partial charge on any atom is 0.258 e. The third-order valence-electron chi connectivity index (χ3n) is 6.54. The predicted octanol–water partition coefficient (Wildman–Crippen LogP) is 4.05. The van der Waals surface area contributed by atoms with E-state index in [9.17, 15) is 4.79 Å². The van der Waals surface area contributed by atoms with Crippen molar-refractivity contribution in [3.63, 3.8) is 0 Å². The zero-order valence-electron chi connectivity index (χ0n) is 18.5. The third-order valence-corrected chi connectivity index (χ3v) is 6.54. The van der Waals surface area contributed by atoms with Crippen LogP contribution in [-0.4, -0.2) is 46.9 Å². The number of hydrogen-bond donors (Lipinski definition) is 1. The molecule has 0 aliphatic carbocycles. The van der Waals surface area contributed by atoms with E-state index in [1.807, 2.05) is 53.6 Å². The predicted molar refractivity (Wildman–Crippen MR) is 128 cm³/mol. The fourth-order valence-electron chi connectivity index (χ4n) is 4.84. The summed E-state index contributed by atoms with van der Waals surface area (Å²) in [5, 5.41) is 5.46. The molecule has 170 valence electrons. The standard InChI is InChI=1S/C26H19N7O2/c34-26(19-12-31-33-13-17(5-6-21(19)33)18-10-27-14-28-11-18)32-8-7-20-24(30-15-29-20)25(32)23-9-16-3-1-2-4-22(16)35-23/h1-6,9-15,25H,7-8H2,(H,29,30)/t25-/m1/s1. The molecule has 35 heavy (non-hydrogen) atoms. The van der Waals surface area contributed by atoms with Gasteiger partial charge in [0.2, 0.25) is 0 Å². The first-order chi connectivity index (χ1) is 17.3. The molecule has 0 bridgehead atoms. The minimum Gasteiger partial charge on any atom is -0.458 e. The number of nitrogens with zero attached hydrogens (tertiary/aromatic N) is 6. The molecule has 7 rings (SSSR count). The van der Waals surface area contributed by atoms with Gasteiger partial charge in [-0.25, -0.2) is 19.5 Å². The summed E-state index contributed by atoms with van der Waals surface area (Å²) in [6.07, 6.45) is 10.9. The van der Waals surface area contributed by atoms with Gasteiger partial charge in [-0.3, -0.25) is 4.79 Å². The van der Waals surface area contributed by atoms with Crippen LogP contribution in [0.3, 0.4) is 0 Å². The Kier molecular flexibility index (Phi) is 4.28. The van der Waals surface area contributed by atoms with E-state index in [4.69, 9.17) is 4.42 Å². The number of carbonyl (C=O) groups is 1. The number of nitrogens with one attached hydrogen (secondary N) is 1. The van der Waals surface area contributed by atoms with Crippen molar-refractivity contribution in [2.45, 2.75) is 12.5 Å². The summed E-state index contributed by atoms with van der Waals surface area (Å²) in [6.45, 7) is 0.534. The van der Waals surface area contributed by atoms with Gasteiger partial charge in [-0.15, -0.1) is 0 Å². The topological polar surface area (TPSA) is 105 Å². The molecule has 0 saturated heterocycles. The average Bonchev–Trinajstić information content (AvgIpc) is 3.65. The van der Waals surface area contributed by atoms with E-state index in [2.05, 4.69) is 25.0 Å². The zero-order valence-corrected chi connectivity index (χ0v) is 18.5. The molecule has 0 spiro atoms. The van der Waals surface area contributed by atoms with E-state index in [0.717, 1.165) is 39.0 Å². The van der Waals surface area contributed by atoms with Crippen LogP contribution in [0.2, 0.25) is 0 Å². The van der Waals surface area contributed by atoms with Crippen LogP contribution < -0.4 is 0 Å². The number of carbonyl (C=O) groups excluding carboxylic acids is 1. The van der Waals surface area contributed by atoms with E-state index < -0.39 is 6.04 Å². The van der Waals surface area contributed by atoms with Crippen LogP contribution in [0.15, 0.2) is 84.3 Å². The van der Waals surface area contributed by atoms with E-state index >= 15 is 0 Å². The van der Waals surface area contributed by atoms with Crippen LogP contribution >= 0.6 is 0 Å². The lowest BCUT2D eigenvalue weighted by Gasteiger charge is -2.33. The minimum atomic E-state index is -0.430. The lowest BCUT2D eigenvalue weighted by molar-refractivity contribution is 0.0675. The summed E-state index contributed by atoms with van der Waals surface area (Å²) in [7, 11) is 0. The maximum absolute atomic E-state index is 13.9. The number of fused-ring (bicyclic) bond motifs is 3. The van der Waals surface area contributed by atoms with E-state index in [0.29, 0.717) is 24.3 Å². The Labute approximate surface area is 199 Å². The van der Waals surface area contributed by atoms with Gasteiger partial charge in [-0.2, -0.15) is 5.10 Å². The molecule has 1 aromatic carbocycles. The van der Waals surface area contributed by atoms with Gasteiger partial charge in [0, 0.05) is 53.8 Å². The summed E-state index contributed by atoms with van der Waals surface area (Å²) in [5.41, 5.74) is 5.67. The quantitative estimate of drug-likeness (QED) is 0.426. The van der Waals surface area contributed by atoms with Crippen molar-refractivity contribution in [2.24, 2.45) is 0 Å². The van der Waals surface area contributed by atoms with Gasteiger partial charge < -0.3 is 14.3 Å². The Bertz CT molecular complexity index is 1670. The highest BCUT2D eigenvalue weighted by atomic mass is 16.3. The van der Waals surface area contributed by atoms with Gasteiger partial charge in [-0.05, 0) is 18.2 Å². The number of aromatic amines is 1. The molecule has 1 aliphatic heterocycles. The number of imidazole rings is 1. The van der Waals surface area contributed by atoms with Crippen molar-refractivity contribution in [3.8, 4) is 11.1 Å². The highest BCUT2D eigenvalue weighted by molar-refractivity contribution is 6.01. The van der Waals surface area contributed by atoms with Gasteiger partial charge in [0.15, 0.2) is 0 Å². The minimum absolute atomic E-state index is 0.116. The number of H-pyrrole nitrogens is 1. The largest absolute Gasteiger partial charge is 0.458 e. The van der Waals surface area contributed by atoms with Gasteiger partial charge in [0.05, 0.1) is 29.3 Å². The summed E-state index contributed by atoms with van der Waals surface area (Å²) in [5.74, 6) is 0.574. The number of hydrogen-bond acceptors (Lipinski definition) is 6. The number of benzene rings is 1. The van der Waals surface area contributed by atoms with Crippen molar-refractivity contribution in [1.82, 2.24) is 34.4 Å². The molecule has 1 N–H and O–H groups in total. The number of rotatable bonds is 3. The lowest BCUT2D eigenvalue weighted by atomic mass is 9.99. The second-order valence-corrected chi connectivity index (χ2v) is 8.54. The summed E-state index contributed by atoms with van der Waals surface area (Å²) >= 11 is 0. The van der Waals surface area contributed by atoms with Crippen LogP contribution in [-0.2, 0) is 6.42 Å². The number of pyridine rings is 1. The van der Waals surface area contributed by atoms with Crippen molar-refractivity contribution in [1.29, 1.82) is 0 Å². The first-order valence-corrected chi connectivity index (χ1v) is 11.3. The second kappa shape index (κ2) is 7.63. The summed E-state index contributed by atoms with van der Waals surface area (Å²) in [6, 6.07) is 13.3. The van der Waals surface area contributed by atoms with E-state index in [1.54, 1.807) is 29.4 Å². The van der Waals surface area contributed by atoms with E-state index in [-0.39, 0.29) is 5.91 Å². The number of furan rings is 1. The Hall–Kier alpha value is -4.79. The number of aromatic nitrogens is 6. The smallest absolute Gasteiger partial charge is 0.258 e. The molecule has 6 heterocycles.